The van der Waals surface area contributed by atoms with E-state index in [1.807, 2.05) is 31.2 Å². The molecule has 2 amide bonds. The van der Waals surface area contributed by atoms with Gasteiger partial charge in [0.05, 0.1) is 31.8 Å². The highest BCUT2D eigenvalue weighted by Gasteiger charge is 2.29. The Bertz CT molecular complexity index is 1120. The molecule has 1 heterocycles. The van der Waals surface area contributed by atoms with Crippen LogP contribution in [0.4, 0.5) is 11.4 Å². The third-order valence-electron chi connectivity index (χ3n) is 4.71. The van der Waals surface area contributed by atoms with Crippen molar-refractivity contribution in [2.45, 2.75) is 16.7 Å². The molecular weight excluding hydrogens is 372 g/mol. The Kier molecular flexibility index (Phi) is 4.57. The molecule has 5 nitrogen and oxygen atoms in total. The Morgan fingerprint density at radius 3 is 2.43 bits per heavy atom. The van der Waals surface area contributed by atoms with Gasteiger partial charge in [-0.25, -0.2) is 4.21 Å². The lowest BCUT2D eigenvalue weighted by atomic mass is 10.1. The second-order valence-corrected chi connectivity index (χ2v) is 8.05. The Morgan fingerprint density at radius 1 is 0.964 bits per heavy atom. The highest BCUT2D eigenvalue weighted by molar-refractivity contribution is 7.85. The highest BCUT2D eigenvalue weighted by Crippen LogP contribution is 2.34. The number of nitrogens with one attached hydrogen (secondary N) is 1. The summed E-state index contributed by atoms with van der Waals surface area (Å²) in [5.41, 5.74) is 3.05. The number of hydrogen-bond acceptors (Lipinski definition) is 3. The lowest BCUT2D eigenvalue weighted by Crippen LogP contribution is -2.26. The van der Waals surface area contributed by atoms with Crippen molar-refractivity contribution >= 4 is 34.0 Å². The van der Waals surface area contributed by atoms with E-state index < -0.39 is 10.8 Å². The summed E-state index contributed by atoms with van der Waals surface area (Å²) in [6.45, 7) is 1.98. The van der Waals surface area contributed by atoms with Gasteiger partial charge < -0.3 is 10.2 Å². The number of benzene rings is 3. The van der Waals surface area contributed by atoms with Crippen LogP contribution in [-0.4, -0.2) is 23.1 Å². The number of hydrogen-bond donors (Lipinski definition) is 1. The number of aryl methyl sites for hydroxylation is 1. The zero-order chi connectivity index (χ0) is 19.8. The van der Waals surface area contributed by atoms with Crippen LogP contribution < -0.4 is 10.2 Å². The van der Waals surface area contributed by atoms with E-state index in [9.17, 15) is 13.8 Å². The fraction of sp³-hybridized carbons (Fsp3) is 0.0909. The summed E-state index contributed by atoms with van der Waals surface area (Å²) >= 11 is 0. The molecule has 0 aliphatic carbocycles. The van der Waals surface area contributed by atoms with Crippen LogP contribution in [-0.2, 0) is 10.8 Å². The van der Waals surface area contributed by atoms with E-state index in [-0.39, 0.29) is 11.8 Å². The molecule has 4 rings (SSSR count). The number of fused-ring (bicyclic) bond motifs is 2. The van der Waals surface area contributed by atoms with E-state index in [0.29, 0.717) is 32.3 Å². The van der Waals surface area contributed by atoms with Gasteiger partial charge in [-0.05, 0) is 49.4 Å². The van der Waals surface area contributed by atoms with Gasteiger partial charge in [-0.2, -0.15) is 0 Å². The monoisotopic (exact) mass is 390 g/mol. The molecule has 1 unspecified atom stereocenters. The van der Waals surface area contributed by atoms with Gasteiger partial charge in [0.2, 0.25) is 0 Å². The Balaban J connectivity index is 1.72. The number of anilines is 2. The standard InChI is InChI=1S/C22H18N2O3S/c1-14-7-10-16(11-8-14)23-21(25)15-9-12-20-18(13-15)24(2)22(26)17-5-3-4-6-19(17)28(20)27/h3-13H,1-2H3,(H,23,25). The van der Waals surface area contributed by atoms with E-state index in [0.717, 1.165) is 5.56 Å². The molecule has 0 aromatic heterocycles. The van der Waals surface area contributed by atoms with Crippen LogP contribution in [0, 0.1) is 6.92 Å². The molecule has 28 heavy (non-hydrogen) atoms. The van der Waals surface area contributed by atoms with Crippen molar-refractivity contribution in [1.29, 1.82) is 0 Å². The highest BCUT2D eigenvalue weighted by atomic mass is 32.2. The predicted molar refractivity (Wildman–Crippen MR) is 109 cm³/mol. The molecule has 0 spiro atoms. The van der Waals surface area contributed by atoms with Gasteiger partial charge in [0, 0.05) is 18.3 Å². The summed E-state index contributed by atoms with van der Waals surface area (Å²) in [5.74, 6) is -0.543. The zero-order valence-electron chi connectivity index (χ0n) is 15.4. The second-order valence-electron chi connectivity index (χ2n) is 6.63. The topological polar surface area (TPSA) is 66.5 Å². The van der Waals surface area contributed by atoms with Crippen molar-refractivity contribution in [3.63, 3.8) is 0 Å². The van der Waals surface area contributed by atoms with E-state index in [1.54, 1.807) is 49.5 Å². The van der Waals surface area contributed by atoms with Crippen LogP contribution in [0.1, 0.15) is 26.3 Å². The van der Waals surface area contributed by atoms with Crippen molar-refractivity contribution in [2.75, 3.05) is 17.3 Å². The van der Waals surface area contributed by atoms with Crippen molar-refractivity contribution in [3.05, 3.63) is 83.4 Å². The molecule has 140 valence electrons. The van der Waals surface area contributed by atoms with E-state index >= 15 is 0 Å². The molecule has 0 saturated carbocycles. The largest absolute Gasteiger partial charge is 0.322 e. The van der Waals surface area contributed by atoms with Crippen LogP contribution in [0.5, 0.6) is 0 Å². The number of rotatable bonds is 2. The van der Waals surface area contributed by atoms with E-state index in [1.165, 1.54) is 4.90 Å². The average molecular weight is 390 g/mol. The molecule has 0 fully saturated rings. The normalized spacial score (nSPS) is 15.4. The van der Waals surface area contributed by atoms with Crippen LogP contribution in [0.2, 0.25) is 0 Å². The van der Waals surface area contributed by atoms with Crippen LogP contribution in [0.15, 0.2) is 76.5 Å². The lowest BCUT2D eigenvalue weighted by Gasteiger charge is -2.18. The third-order valence-corrected chi connectivity index (χ3v) is 6.21. The number of nitrogens with zero attached hydrogens (tertiary/aromatic N) is 1. The summed E-state index contributed by atoms with van der Waals surface area (Å²) in [4.78, 5) is 27.9. The van der Waals surface area contributed by atoms with Gasteiger partial charge in [-0.3, -0.25) is 9.59 Å². The summed E-state index contributed by atoms with van der Waals surface area (Å²) in [5, 5.41) is 2.84. The summed E-state index contributed by atoms with van der Waals surface area (Å²) in [6.07, 6.45) is 0. The van der Waals surface area contributed by atoms with Gasteiger partial charge in [-0.1, -0.05) is 29.8 Å². The fourth-order valence-corrected chi connectivity index (χ4v) is 4.50. The van der Waals surface area contributed by atoms with Gasteiger partial charge in [-0.15, -0.1) is 0 Å². The summed E-state index contributed by atoms with van der Waals surface area (Å²) in [6, 6.07) is 19.3. The second kappa shape index (κ2) is 7.05. The quantitative estimate of drug-likeness (QED) is 0.719. The molecular formula is C22H18N2O3S. The van der Waals surface area contributed by atoms with Crippen LogP contribution >= 0.6 is 0 Å². The van der Waals surface area contributed by atoms with E-state index in [4.69, 9.17) is 0 Å². The molecule has 1 atom stereocenters. The zero-order valence-corrected chi connectivity index (χ0v) is 16.2. The maximum absolute atomic E-state index is 13.1. The Labute approximate surface area is 165 Å². The van der Waals surface area contributed by atoms with Gasteiger partial charge in [0.25, 0.3) is 11.8 Å². The van der Waals surface area contributed by atoms with Crippen molar-refractivity contribution in [3.8, 4) is 0 Å². The first-order valence-corrected chi connectivity index (χ1v) is 9.91. The van der Waals surface area contributed by atoms with Gasteiger partial charge in [0.15, 0.2) is 0 Å². The van der Waals surface area contributed by atoms with Gasteiger partial charge in [0.1, 0.15) is 0 Å². The third kappa shape index (κ3) is 3.12. The first-order valence-electron chi connectivity index (χ1n) is 8.76. The first-order chi connectivity index (χ1) is 13.5. The van der Waals surface area contributed by atoms with Crippen molar-refractivity contribution < 1.29 is 13.8 Å². The molecule has 0 bridgehead atoms. The smallest absolute Gasteiger partial charge is 0.259 e. The maximum Gasteiger partial charge on any atom is 0.259 e. The SMILES string of the molecule is Cc1ccc(NC(=O)c2ccc3c(c2)N(C)C(=O)c2ccccc2S3=O)cc1. The minimum atomic E-state index is -1.51. The molecule has 0 radical (unpaired) electrons. The number of carbonyl (C=O) groups is 2. The Hall–Kier alpha value is -3.25. The lowest BCUT2D eigenvalue weighted by molar-refractivity contribution is 0.0987. The first kappa shape index (κ1) is 18.1. The number of amides is 2. The molecule has 1 aliphatic heterocycles. The summed E-state index contributed by atoms with van der Waals surface area (Å²) in [7, 11) is 0.122. The molecule has 0 saturated heterocycles. The molecule has 6 heteroatoms. The molecule has 1 aliphatic rings. The molecule has 3 aromatic rings. The Morgan fingerprint density at radius 2 is 1.68 bits per heavy atom. The predicted octanol–water partition coefficient (Wildman–Crippen LogP) is 4.00. The van der Waals surface area contributed by atoms with Gasteiger partial charge >= 0.3 is 0 Å². The minimum Gasteiger partial charge on any atom is -0.322 e. The van der Waals surface area contributed by atoms with Crippen LogP contribution in [0.3, 0.4) is 0 Å². The average Bonchev–Trinajstić information content (AvgIpc) is 2.80. The minimum absolute atomic E-state index is 0.251. The maximum atomic E-state index is 13.1. The summed E-state index contributed by atoms with van der Waals surface area (Å²) < 4.78 is 13.1. The van der Waals surface area contributed by atoms with Crippen molar-refractivity contribution in [1.82, 2.24) is 0 Å². The molecule has 1 N–H and O–H groups in total. The van der Waals surface area contributed by atoms with Crippen LogP contribution in [0.25, 0.3) is 0 Å². The number of carbonyl (C=O) groups excluding carboxylic acids is 2. The van der Waals surface area contributed by atoms with Crippen molar-refractivity contribution in [2.24, 2.45) is 0 Å². The fourth-order valence-electron chi connectivity index (χ4n) is 3.13. The van der Waals surface area contributed by atoms with E-state index in [2.05, 4.69) is 5.32 Å². The molecule has 3 aromatic carbocycles.